The smallest absolute Gasteiger partial charge is 0.191 e. The van der Waals surface area contributed by atoms with Crippen LogP contribution in [0.3, 0.4) is 0 Å². The molecule has 7 nitrogen and oxygen atoms in total. The van der Waals surface area contributed by atoms with Crippen LogP contribution in [0, 0.1) is 5.82 Å². The Morgan fingerprint density at radius 3 is 2.68 bits per heavy atom. The molecule has 1 atom stereocenters. The number of morpholine rings is 1. The van der Waals surface area contributed by atoms with Gasteiger partial charge in [0, 0.05) is 32.7 Å². The fourth-order valence-electron chi connectivity index (χ4n) is 2.88. The number of ether oxygens (including phenoxy) is 2. The van der Waals surface area contributed by atoms with Crippen LogP contribution in [-0.4, -0.2) is 80.7 Å². The van der Waals surface area contributed by atoms with Gasteiger partial charge in [0.15, 0.2) is 5.96 Å². The average Bonchev–Trinajstić information content (AvgIpc) is 2.67. The maximum Gasteiger partial charge on any atom is 0.191 e. The van der Waals surface area contributed by atoms with Crippen LogP contribution < -0.4 is 15.4 Å². The Kier molecular flexibility index (Phi) is 9.46. The van der Waals surface area contributed by atoms with Crippen molar-refractivity contribution in [2.45, 2.75) is 25.9 Å². The third-order valence-electron chi connectivity index (χ3n) is 4.29. The summed E-state index contributed by atoms with van der Waals surface area (Å²) < 4.78 is 23.8. The molecule has 2 rings (SSSR count). The van der Waals surface area contributed by atoms with Crippen molar-refractivity contribution in [3.05, 3.63) is 30.1 Å². The van der Waals surface area contributed by atoms with Gasteiger partial charge in [-0.2, -0.15) is 0 Å². The Hall–Kier alpha value is -1.90. The number of guanidine groups is 1. The maximum absolute atomic E-state index is 12.9. The number of aliphatic hydroxyl groups is 1. The zero-order chi connectivity index (χ0) is 20.2. The lowest BCUT2D eigenvalue weighted by Gasteiger charge is -2.33. The Labute approximate surface area is 166 Å². The van der Waals surface area contributed by atoms with Gasteiger partial charge in [-0.25, -0.2) is 4.39 Å². The van der Waals surface area contributed by atoms with Crippen LogP contribution in [-0.2, 0) is 4.74 Å². The summed E-state index contributed by atoms with van der Waals surface area (Å²) in [5.41, 5.74) is -0.897. The van der Waals surface area contributed by atoms with Crippen LogP contribution in [0.25, 0.3) is 0 Å². The molecule has 1 heterocycles. The van der Waals surface area contributed by atoms with E-state index in [-0.39, 0.29) is 5.82 Å². The number of nitrogens with one attached hydrogen (secondary N) is 2. The van der Waals surface area contributed by atoms with E-state index in [1.165, 1.54) is 12.1 Å². The number of benzene rings is 1. The summed E-state index contributed by atoms with van der Waals surface area (Å²) in [6.07, 6.45) is 0.770. The van der Waals surface area contributed by atoms with Crippen molar-refractivity contribution in [1.29, 1.82) is 0 Å². The highest BCUT2D eigenvalue weighted by molar-refractivity contribution is 5.79. The number of hydrogen-bond acceptors (Lipinski definition) is 5. The highest BCUT2D eigenvalue weighted by Crippen LogP contribution is 2.11. The molecule has 1 fully saturated rings. The van der Waals surface area contributed by atoms with Gasteiger partial charge in [0.25, 0.3) is 0 Å². The van der Waals surface area contributed by atoms with Gasteiger partial charge in [-0.15, -0.1) is 0 Å². The Morgan fingerprint density at radius 2 is 2.00 bits per heavy atom. The molecular formula is C20H33FN4O3. The summed E-state index contributed by atoms with van der Waals surface area (Å²) in [5, 5.41) is 17.1. The van der Waals surface area contributed by atoms with Gasteiger partial charge < -0.3 is 25.2 Å². The van der Waals surface area contributed by atoms with Crippen LogP contribution in [0.15, 0.2) is 29.3 Å². The number of rotatable bonds is 10. The number of hydrogen-bond donors (Lipinski definition) is 3. The van der Waals surface area contributed by atoms with Crippen molar-refractivity contribution < 1.29 is 19.0 Å². The molecule has 0 amide bonds. The van der Waals surface area contributed by atoms with Gasteiger partial charge in [-0.05, 0) is 44.5 Å². The molecule has 1 aromatic rings. The highest BCUT2D eigenvalue weighted by Gasteiger charge is 2.25. The number of halogens is 1. The van der Waals surface area contributed by atoms with E-state index in [1.54, 1.807) is 12.1 Å². The lowest BCUT2D eigenvalue weighted by molar-refractivity contribution is -0.0180. The van der Waals surface area contributed by atoms with Crippen LogP contribution in [0.2, 0.25) is 0 Å². The molecule has 158 valence electrons. The lowest BCUT2D eigenvalue weighted by atomic mass is 10.1. The number of aliphatic imine (C=N–C) groups is 1. The van der Waals surface area contributed by atoms with Gasteiger partial charge in [0.1, 0.15) is 11.6 Å². The van der Waals surface area contributed by atoms with Crippen molar-refractivity contribution in [3.8, 4) is 5.75 Å². The van der Waals surface area contributed by atoms with Gasteiger partial charge in [-0.3, -0.25) is 9.89 Å². The Bertz CT molecular complexity index is 590. The first-order valence-electron chi connectivity index (χ1n) is 9.91. The third kappa shape index (κ3) is 8.86. The van der Waals surface area contributed by atoms with E-state index in [4.69, 9.17) is 9.47 Å². The van der Waals surface area contributed by atoms with Gasteiger partial charge in [-0.1, -0.05) is 0 Å². The normalized spacial score (nSPS) is 17.8. The molecule has 0 bridgehead atoms. The summed E-state index contributed by atoms with van der Waals surface area (Å²) in [6, 6.07) is 5.99. The molecule has 0 aromatic heterocycles. The lowest BCUT2D eigenvalue weighted by Crippen LogP contribution is -2.48. The standard InChI is InChI=1S/C20H33FN4O3/c1-3-22-19(23-9-4-12-28-18-7-5-17(21)6-8-18)24-15-20(2,26)16-25-10-13-27-14-11-25/h5-8,26H,3-4,9-16H2,1-2H3,(H2,22,23,24). The zero-order valence-electron chi connectivity index (χ0n) is 16.9. The van der Waals surface area contributed by atoms with Gasteiger partial charge in [0.2, 0.25) is 0 Å². The number of nitrogens with zero attached hydrogens (tertiary/aromatic N) is 2. The minimum Gasteiger partial charge on any atom is -0.494 e. The first-order valence-corrected chi connectivity index (χ1v) is 9.91. The molecule has 1 aromatic carbocycles. The molecular weight excluding hydrogens is 363 g/mol. The SMILES string of the molecule is CCNC(=NCC(C)(O)CN1CCOCC1)NCCCOc1ccc(F)cc1. The van der Waals surface area contributed by atoms with E-state index in [1.807, 2.05) is 13.8 Å². The molecule has 3 N–H and O–H groups in total. The Balaban J connectivity index is 1.70. The quantitative estimate of drug-likeness (QED) is 0.314. The summed E-state index contributed by atoms with van der Waals surface area (Å²) >= 11 is 0. The van der Waals surface area contributed by atoms with E-state index in [2.05, 4.69) is 20.5 Å². The molecule has 8 heteroatoms. The fourth-order valence-corrected chi connectivity index (χ4v) is 2.88. The molecule has 1 saturated heterocycles. The van der Waals surface area contributed by atoms with E-state index in [0.29, 0.717) is 51.2 Å². The van der Waals surface area contributed by atoms with Gasteiger partial charge in [0.05, 0.1) is 32.0 Å². The molecule has 28 heavy (non-hydrogen) atoms. The second-order valence-corrected chi connectivity index (χ2v) is 7.16. The summed E-state index contributed by atoms with van der Waals surface area (Å²) in [6.45, 7) is 9.74. The Morgan fingerprint density at radius 1 is 1.29 bits per heavy atom. The second-order valence-electron chi connectivity index (χ2n) is 7.16. The summed E-state index contributed by atoms with van der Waals surface area (Å²) in [5.74, 6) is 1.05. The summed E-state index contributed by atoms with van der Waals surface area (Å²) in [7, 11) is 0. The zero-order valence-corrected chi connectivity index (χ0v) is 16.9. The van der Waals surface area contributed by atoms with Crippen molar-refractivity contribution in [2.75, 3.05) is 59.1 Å². The van der Waals surface area contributed by atoms with Crippen LogP contribution >= 0.6 is 0 Å². The minimum absolute atomic E-state index is 0.273. The van der Waals surface area contributed by atoms with Crippen molar-refractivity contribution in [3.63, 3.8) is 0 Å². The van der Waals surface area contributed by atoms with E-state index < -0.39 is 5.60 Å². The maximum atomic E-state index is 12.9. The minimum atomic E-state index is -0.897. The molecule has 1 aliphatic rings. The first-order chi connectivity index (χ1) is 13.5. The van der Waals surface area contributed by atoms with Crippen LogP contribution in [0.1, 0.15) is 20.3 Å². The largest absolute Gasteiger partial charge is 0.494 e. The van der Waals surface area contributed by atoms with E-state index in [9.17, 15) is 9.50 Å². The highest BCUT2D eigenvalue weighted by atomic mass is 19.1. The topological polar surface area (TPSA) is 78.4 Å². The molecule has 1 aliphatic heterocycles. The predicted octanol–water partition coefficient (Wildman–Crippen LogP) is 1.23. The molecule has 1 unspecified atom stereocenters. The van der Waals surface area contributed by atoms with Crippen LogP contribution in [0.5, 0.6) is 5.75 Å². The second kappa shape index (κ2) is 11.8. The summed E-state index contributed by atoms with van der Waals surface area (Å²) in [4.78, 5) is 6.72. The van der Waals surface area contributed by atoms with Crippen LogP contribution in [0.4, 0.5) is 4.39 Å². The number of β-amino-alcohol motifs (C(OH)–C–C–N with tert-alkyl or cyclic N) is 1. The van der Waals surface area contributed by atoms with Crippen molar-refractivity contribution in [2.24, 2.45) is 4.99 Å². The van der Waals surface area contributed by atoms with Crippen molar-refractivity contribution in [1.82, 2.24) is 15.5 Å². The third-order valence-corrected chi connectivity index (χ3v) is 4.29. The molecule has 0 aliphatic carbocycles. The molecule has 0 radical (unpaired) electrons. The first kappa shape index (κ1) is 22.4. The fraction of sp³-hybridized carbons (Fsp3) is 0.650. The molecule has 0 spiro atoms. The van der Waals surface area contributed by atoms with E-state index >= 15 is 0 Å². The van der Waals surface area contributed by atoms with Gasteiger partial charge >= 0.3 is 0 Å². The predicted molar refractivity (Wildman–Crippen MR) is 108 cm³/mol. The monoisotopic (exact) mass is 396 g/mol. The average molecular weight is 397 g/mol. The van der Waals surface area contributed by atoms with Crippen molar-refractivity contribution >= 4 is 5.96 Å². The van der Waals surface area contributed by atoms with E-state index in [0.717, 1.165) is 26.1 Å². The molecule has 0 saturated carbocycles.